The summed E-state index contributed by atoms with van der Waals surface area (Å²) in [4.78, 5) is 14.4. The fourth-order valence-corrected chi connectivity index (χ4v) is 2.94. The molecule has 2 aromatic rings. The quantitative estimate of drug-likeness (QED) is 0.940. The summed E-state index contributed by atoms with van der Waals surface area (Å²) in [5, 5.41) is 3.50. The van der Waals surface area contributed by atoms with Gasteiger partial charge in [0.1, 0.15) is 0 Å². The van der Waals surface area contributed by atoms with E-state index in [0.29, 0.717) is 6.42 Å². The SMILES string of the molecule is O=C(CCc1ccccc1)N1CCNC(c2ccccc2)C1. The van der Waals surface area contributed by atoms with Crippen LogP contribution in [0.4, 0.5) is 0 Å². The van der Waals surface area contributed by atoms with Crippen LogP contribution in [0.2, 0.25) is 0 Å². The molecule has 1 unspecified atom stereocenters. The summed E-state index contributed by atoms with van der Waals surface area (Å²) in [6.07, 6.45) is 1.41. The van der Waals surface area contributed by atoms with E-state index in [1.165, 1.54) is 11.1 Å². The number of carbonyl (C=O) groups excluding carboxylic acids is 1. The van der Waals surface area contributed by atoms with Crippen LogP contribution in [0.25, 0.3) is 0 Å². The van der Waals surface area contributed by atoms with Crippen molar-refractivity contribution in [3.05, 3.63) is 71.8 Å². The molecule has 1 saturated heterocycles. The fourth-order valence-electron chi connectivity index (χ4n) is 2.94. The van der Waals surface area contributed by atoms with E-state index in [4.69, 9.17) is 0 Å². The molecule has 0 spiro atoms. The van der Waals surface area contributed by atoms with Gasteiger partial charge in [0, 0.05) is 32.1 Å². The minimum atomic E-state index is 0.246. The molecule has 1 N–H and O–H groups in total. The van der Waals surface area contributed by atoms with Crippen molar-refractivity contribution in [1.29, 1.82) is 0 Å². The van der Waals surface area contributed by atoms with E-state index in [9.17, 15) is 4.79 Å². The molecule has 3 rings (SSSR count). The summed E-state index contributed by atoms with van der Waals surface area (Å²) >= 11 is 0. The topological polar surface area (TPSA) is 32.3 Å². The molecular weight excluding hydrogens is 272 g/mol. The van der Waals surface area contributed by atoms with Gasteiger partial charge in [-0.05, 0) is 17.5 Å². The molecule has 22 heavy (non-hydrogen) atoms. The van der Waals surface area contributed by atoms with Crippen molar-refractivity contribution in [3.8, 4) is 0 Å². The number of hydrogen-bond acceptors (Lipinski definition) is 2. The average molecular weight is 294 g/mol. The standard InChI is InChI=1S/C19H22N2O/c22-19(12-11-16-7-3-1-4-8-16)21-14-13-20-18(15-21)17-9-5-2-6-10-17/h1-10,18,20H,11-15H2. The predicted molar refractivity (Wildman–Crippen MR) is 88.5 cm³/mol. The second kappa shape index (κ2) is 7.23. The lowest BCUT2D eigenvalue weighted by atomic mass is 10.0. The van der Waals surface area contributed by atoms with Crippen LogP contribution in [0, 0.1) is 0 Å². The maximum Gasteiger partial charge on any atom is 0.223 e. The van der Waals surface area contributed by atoms with Crippen molar-refractivity contribution in [1.82, 2.24) is 10.2 Å². The van der Waals surface area contributed by atoms with Gasteiger partial charge in [-0.15, -0.1) is 0 Å². The van der Waals surface area contributed by atoms with E-state index < -0.39 is 0 Å². The van der Waals surface area contributed by atoms with Gasteiger partial charge >= 0.3 is 0 Å². The third-order valence-electron chi connectivity index (χ3n) is 4.20. The van der Waals surface area contributed by atoms with Crippen LogP contribution in [0.5, 0.6) is 0 Å². The van der Waals surface area contributed by atoms with Gasteiger partial charge in [0.15, 0.2) is 0 Å². The lowest BCUT2D eigenvalue weighted by Gasteiger charge is -2.34. The molecule has 1 amide bonds. The zero-order valence-corrected chi connectivity index (χ0v) is 12.7. The highest BCUT2D eigenvalue weighted by Crippen LogP contribution is 2.17. The van der Waals surface area contributed by atoms with Gasteiger partial charge in [0.25, 0.3) is 0 Å². The number of nitrogens with one attached hydrogen (secondary N) is 1. The molecule has 3 heteroatoms. The van der Waals surface area contributed by atoms with E-state index in [-0.39, 0.29) is 11.9 Å². The highest BCUT2D eigenvalue weighted by Gasteiger charge is 2.23. The smallest absolute Gasteiger partial charge is 0.223 e. The van der Waals surface area contributed by atoms with Gasteiger partial charge in [0.2, 0.25) is 5.91 Å². The maximum atomic E-state index is 12.4. The molecule has 0 aromatic heterocycles. The summed E-state index contributed by atoms with van der Waals surface area (Å²) < 4.78 is 0. The van der Waals surface area contributed by atoms with E-state index in [1.54, 1.807) is 0 Å². The molecule has 0 saturated carbocycles. The number of hydrogen-bond donors (Lipinski definition) is 1. The van der Waals surface area contributed by atoms with Gasteiger partial charge < -0.3 is 10.2 Å². The van der Waals surface area contributed by atoms with Crippen molar-refractivity contribution in [2.75, 3.05) is 19.6 Å². The summed E-state index contributed by atoms with van der Waals surface area (Å²) in [7, 11) is 0. The van der Waals surface area contributed by atoms with Crippen molar-refractivity contribution in [2.24, 2.45) is 0 Å². The highest BCUT2D eigenvalue weighted by atomic mass is 16.2. The summed E-state index contributed by atoms with van der Waals surface area (Å²) in [5.41, 5.74) is 2.48. The number of rotatable bonds is 4. The number of carbonyl (C=O) groups is 1. The fraction of sp³-hybridized carbons (Fsp3) is 0.316. The molecule has 0 bridgehead atoms. The molecule has 0 radical (unpaired) electrons. The van der Waals surface area contributed by atoms with E-state index in [1.807, 2.05) is 41.3 Å². The molecule has 3 nitrogen and oxygen atoms in total. The Morgan fingerprint density at radius 3 is 2.45 bits per heavy atom. The molecule has 0 aliphatic carbocycles. The first-order valence-electron chi connectivity index (χ1n) is 7.93. The lowest BCUT2D eigenvalue weighted by molar-refractivity contribution is -0.132. The largest absolute Gasteiger partial charge is 0.340 e. The van der Waals surface area contributed by atoms with Crippen LogP contribution in [0.3, 0.4) is 0 Å². The Morgan fingerprint density at radius 1 is 1.05 bits per heavy atom. The summed E-state index contributed by atoms with van der Waals surface area (Å²) in [6, 6.07) is 20.8. The number of piperazine rings is 1. The first kappa shape index (κ1) is 14.8. The molecule has 2 aromatic carbocycles. The van der Waals surface area contributed by atoms with Crippen molar-refractivity contribution in [2.45, 2.75) is 18.9 Å². The molecule has 1 fully saturated rings. The zero-order chi connectivity index (χ0) is 15.2. The number of amides is 1. The minimum absolute atomic E-state index is 0.246. The molecule has 1 aliphatic rings. The zero-order valence-electron chi connectivity index (χ0n) is 12.7. The second-order valence-corrected chi connectivity index (χ2v) is 5.74. The normalized spacial score (nSPS) is 18.2. The molecule has 1 atom stereocenters. The van der Waals surface area contributed by atoms with Crippen LogP contribution in [0.15, 0.2) is 60.7 Å². The number of nitrogens with zero attached hydrogens (tertiary/aromatic N) is 1. The van der Waals surface area contributed by atoms with Gasteiger partial charge in [0.05, 0.1) is 0 Å². The summed E-state index contributed by atoms with van der Waals surface area (Å²) in [5.74, 6) is 0.256. The van der Waals surface area contributed by atoms with Gasteiger partial charge in [-0.2, -0.15) is 0 Å². The van der Waals surface area contributed by atoms with Crippen molar-refractivity contribution in [3.63, 3.8) is 0 Å². The van der Waals surface area contributed by atoms with E-state index >= 15 is 0 Å². The Hall–Kier alpha value is -2.13. The molecule has 114 valence electrons. The van der Waals surface area contributed by atoms with Crippen LogP contribution in [0.1, 0.15) is 23.6 Å². The third kappa shape index (κ3) is 3.74. The van der Waals surface area contributed by atoms with Gasteiger partial charge in [-0.25, -0.2) is 0 Å². The highest BCUT2D eigenvalue weighted by molar-refractivity contribution is 5.76. The number of aryl methyl sites for hydroxylation is 1. The predicted octanol–water partition coefficient (Wildman–Crippen LogP) is 2.79. The van der Waals surface area contributed by atoms with Crippen molar-refractivity contribution >= 4 is 5.91 Å². The average Bonchev–Trinajstić information content (AvgIpc) is 2.61. The Morgan fingerprint density at radius 2 is 1.73 bits per heavy atom. The van der Waals surface area contributed by atoms with E-state index in [2.05, 4.69) is 29.6 Å². The third-order valence-corrected chi connectivity index (χ3v) is 4.20. The van der Waals surface area contributed by atoms with Crippen molar-refractivity contribution < 1.29 is 4.79 Å². The first-order chi connectivity index (χ1) is 10.8. The van der Waals surface area contributed by atoms with Crippen LogP contribution >= 0.6 is 0 Å². The Bertz CT molecular complexity index is 597. The summed E-state index contributed by atoms with van der Waals surface area (Å²) in [6.45, 7) is 2.42. The second-order valence-electron chi connectivity index (χ2n) is 5.74. The maximum absolute atomic E-state index is 12.4. The van der Waals surface area contributed by atoms with Crippen LogP contribution < -0.4 is 5.32 Å². The van der Waals surface area contributed by atoms with Gasteiger partial charge in [-0.1, -0.05) is 60.7 Å². The molecular formula is C19H22N2O. The van der Waals surface area contributed by atoms with Crippen LogP contribution in [-0.4, -0.2) is 30.4 Å². The van der Waals surface area contributed by atoms with E-state index in [0.717, 1.165) is 26.1 Å². The monoisotopic (exact) mass is 294 g/mol. The Labute approximate surface area is 132 Å². The minimum Gasteiger partial charge on any atom is -0.340 e. The molecule has 1 heterocycles. The molecule has 1 aliphatic heterocycles. The van der Waals surface area contributed by atoms with Crippen LogP contribution in [-0.2, 0) is 11.2 Å². The first-order valence-corrected chi connectivity index (χ1v) is 7.93. The number of benzene rings is 2. The van der Waals surface area contributed by atoms with Gasteiger partial charge in [-0.3, -0.25) is 4.79 Å². The Balaban J connectivity index is 1.56. The lowest BCUT2D eigenvalue weighted by Crippen LogP contribution is -2.48. The Kier molecular flexibility index (Phi) is 4.86.